The molecule has 112 valence electrons. The zero-order valence-electron chi connectivity index (χ0n) is 11.7. The lowest BCUT2D eigenvalue weighted by Gasteiger charge is -2.29. The minimum absolute atomic E-state index is 0.181. The van der Waals surface area contributed by atoms with Crippen LogP contribution < -0.4 is 0 Å². The summed E-state index contributed by atoms with van der Waals surface area (Å²) in [7, 11) is -3.18. The van der Waals surface area contributed by atoms with Crippen molar-refractivity contribution in [1.29, 1.82) is 0 Å². The van der Waals surface area contributed by atoms with E-state index in [4.69, 9.17) is 0 Å². The molecule has 0 spiro atoms. The Balaban J connectivity index is 2.14. The SMILES string of the molecule is O=S(=O)(C1CCCCC1)N(CCBr)Cc1ccccc1. The van der Waals surface area contributed by atoms with Gasteiger partial charge in [0.1, 0.15) is 0 Å². The molecule has 0 bridgehead atoms. The highest BCUT2D eigenvalue weighted by molar-refractivity contribution is 9.09. The van der Waals surface area contributed by atoms with Crippen LogP contribution in [0, 0.1) is 0 Å². The van der Waals surface area contributed by atoms with Crippen LogP contribution in [0.25, 0.3) is 0 Å². The van der Waals surface area contributed by atoms with Crippen LogP contribution >= 0.6 is 15.9 Å². The van der Waals surface area contributed by atoms with Crippen molar-refractivity contribution >= 4 is 26.0 Å². The van der Waals surface area contributed by atoms with Crippen molar-refractivity contribution in [1.82, 2.24) is 4.31 Å². The summed E-state index contributed by atoms with van der Waals surface area (Å²) in [6, 6.07) is 9.83. The van der Waals surface area contributed by atoms with E-state index in [9.17, 15) is 8.42 Å². The molecule has 1 aliphatic rings. The molecule has 0 aromatic heterocycles. The van der Waals surface area contributed by atoms with Crippen LogP contribution in [0.15, 0.2) is 30.3 Å². The van der Waals surface area contributed by atoms with Crippen molar-refractivity contribution in [2.75, 3.05) is 11.9 Å². The van der Waals surface area contributed by atoms with Crippen molar-refractivity contribution in [3.63, 3.8) is 0 Å². The Bertz CT molecular complexity index is 498. The number of nitrogens with zero attached hydrogens (tertiary/aromatic N) is 1. The lowest BCUT2D eigenvalue weighted by Crippen LogP contribution is -2.40. The van der Waals surface area contributed by atoms with Gasteiger partial charge in [0.2, 0.25) is 10.0 Å². The number of alkyl halides is 1. The summed E-state index contributed by atoms with van der Waals surface area (Å²) in [6.45, 7) is 1.01. The predicted octanol–water partition coefficient (Wildman–Crippen LogP) is 3.55. The molecule has 0 radical (unpaired) electrons. The number of benzene rings is 1. The fourth-order valence-corrected chi connectivity index (χ4v) is 5.44. The number of rotatable bonds is 6. The van der Waals surface area contributed by atoms with E-state index in [2.05, 4.69) is 15.9 Å². The molecule has 20 heavy (non-hydrogen) atoms. The van der Waals surface area contributed by atoms with E-state index in [1.165, 1.54) is 6.42 Å². The fourth-order valence-electron chi connectivity index (χ4n) is 2.75. The molecule has 1 saturated carbocycles. The molecule has 0 heterocycles. The van der Waals surface area contributed by atoms with Gasteiger partial charge in [0.25, 0.3) is 0 Å². The number of halogens is 1. The van der Waals surface area contributed by atoms with Gasteiger partial charge in [-0.2, -0.15) is 4.31 Å². The van der Waals surface area contributed by atoms with Gasteiger partial charge in [-0.25, -0.2) is 8.42 Å². The lowest BCUT2D eigenvalue weighted by atomic mass is 10.0. The second-order valence-corrected chi connectivity index (χ2v) is 8.32. The van der Waals surface area contributed by atoms with Crippen LogP contribution in [-0.2, 0) is 16.6 Å². The molecule has 2 rings (SSSR count). The number of hydrogen-bond acceptors (Lipinski definition) is 2. The van der Waals surface area contributed by atoms with Crippen molar-refractivity contribution in [3.8, 4) is 0 Å². The molecule has 1 aliphatic carbocycles. The van der Waals surface area contributed by atoms with E-state index in [1.54, 1.807) is 4.31 Å². The van der Waals surface area contributed by atoms with Crippen LogP contribution in [0.4, 0.5) is 0 Å². The van der Waals surface area contributed by atoms with Gasteiger partial charge in [-0.1, -0.05) is 65.5 Å². The molecular formula is C15H22BrNO2S. The summed E-state index contributed by atoms with van der Waals surface area (Å²) in [5, 5.41) is 0.491. The molecule has 0 saturated heterocycles. The van der Waals surface area contributed by atoms with Gasteiger partial charge in [0.05, 0.1) is 5.25 Å². The van der Waals surface area contributed by atoms with Crippen LogP contribution in [0.2, 0.25) is 0 Å². The van der Waals surface area contributed by atoms with E-state index in [1.807, 2.05) is 30.3 Å². The highest BCUT2D eigenvalue weighted by atomic mass is 79.9. The maximum atomic E-state index is 12.8. The third-order valence-corrected chi connectivity index (χ3v) is 6.57. The van der Waals surface area contributed by atoms with E-state index >= 15 is 0 Å². The van der Waals surface area contributed by atoms with Gasteiger partial charge in [0.15, 0.2) is 0 Å². The summed E-state index contributed by atoms with van der Waals surface area (Å²) in [5.74, 6) is 0. The average molecular weight is 360 g/mol. The summed E-state index contributed by atoms with van der Waals surface area (Å²) < 4.78 is 27.2. The Morgan fingerprint density at radius 1 is 1.10 bits per heavy atom. The van der Waals surface area contributed by atoms with E-state index < -0.39 is 10.0 Å². The molecule has 1 aromatic carbocycles. The molecule has 1 fully saturated rings. The minimum atomic E-state index is -3.18. The average Bonchev–Trinajstić information content (AvgIpc) is 2.49. The van der Waals surface area contributed by atoms with Crippen LogP contribution in [0.1, 0.15) is 37.7 Å². The molecular weight excluding hydrogens is 338 g/mol. The Hall–Kier alpha value is -0.390. The van der Waals surface area contributed by atoms with Gasteiger partial charge in [-0.05, 0) is 18.4 Å². The zero-order valence-corrected chi connectivity index (χ0v) is 14.1. The summed E-state index contributed by atoms with van der Waals surface area (Å²) >= 11 is 3.37. The van der Waals surface area contributed by atoms with Crippen LogP contribution in [0.3, 0.4) is 0 Å². The first-order chi connectivity index (χ1) is 9.64. The molecule has 0 aliphatic heterocycles. The fraction of sp³-hybridized carbons (Fsp3) is 0.600. The van der Waals surface area contributed by atoms with Crippen molar-refractivity contribution < 1.29 is 8.42 Å². The maximum Gasteiger partial charge on any atom is 0.217 e. The van der Waals surface area contributed by atoms with E-state index in [0.29, 0.717) is 18.4 Å². The first-order valence-corrected chi connectivity index (χ1v) is 9.86. The second kappa shape index (κ2) is 7.57. The Labute approximate surface area is 130 Å². The topological polar surface area (TPSA) is 37.4 Å². The number of sulfonamides is 1. The Morgan fingerprint density at radius 3 is 2.35 bits per heavy atom. The van der Waals surface area contributed by atoms with Gasteiger partial charge in [-0.3, -0.25) is 0 Å². The highest BCUT2D eigenvalue weighted by Crippen LogP contribution is 2.27. The molecule has 3 nitrogen and oxygen atoms in total. The lowest BCUT2D eigenvalue weighted by molar-refractivity contribution is 0.397. The quantitative estimate of drug-likeness (QED) is 0.728. The molecule has 0 unspecified atom stereocenters. The standard InChI is InChI=1S/C15H22BrNO2S/c16-11-12-17(13-14-7-3-1-4-8-14)20(18,19)15-9-5-2-6-10-15/h1,3-4,7-8,15H,2,5-6,9-13H2. The minimum Gasteiger partial charge on any atom is -0.212 e. The highest BCUT2D eigenvalue weighted by Gasteiger charge is 2.32. The van der Waals surface area contributed by atoms with E-state index in [-0.39, 0.29) is 5.25 Å². The molecule has 0 amide bonds. The van der Waals surface area contributed by atoms with Crippen molar-refractivity contribution in [2.45, 2.75) is 43.9 Å². The largest absolute Gasteiger partial charge is 0.217 e. The van der Waals surface area contributed by atoms with Crippen LogP contribution in [0.5, 0.6) is 0 Å². The van der Waals surface area contributed by atoms with Gasteiger partial charge >= 0.3 is 0 Å². The second-order valence-electron chi connectivity index (χ2n) is 5.31. The van der Waals surface area contributed by atoms with E-state index in [0.717, 1.165) is 31.2 Å². The van der Waals surface area contributed by atoms with Gasteiger partial charge in [-0.15, -0.1) is 0 Å². The Morgan fingerprint density at radius 2 is 1.75 bits per heavy atom. The normalized spacial score (nSPS) is 17.5. The third kappa shape index (κ3) is 4.06. The maximum absolute atomic E-state index is 12.8. The number of hydrogen-bond donors (Lipinski definition) is 0. The monoisotopic (exact) mass is 359 g/mol. The molecule has 0 N–H and O–H groups in total. The Kier molecular flexibility index (Phi) is 6.05. The van der Waals surface area contributed by atoms with Crippen molar-refractivity contribution in [3.05, 3.63) is 35.9 Å². The van der Waals surface area contributed by atoms with Gasteiger partial charge in [0, 0.05) is 18.4 Å². The van der Waals surface area contributed by atoms with Gasteiger partial charge < -0.3 is 0 Å². The molecule has 0 atom stereocenters. The third-order valence-electron chi connectivity index (χ3n) is 3.87. The summed E-state index contributed by atoms with van der Waals surface area (Å²) in [5.41, 5.74) is 1.05. The van der Waals surface area contributed by atoms with Crippen molar-refractivity contribution in [2.24, 2.45) is 0 Å². The summed E-state index contributed by atoms with van der Waals surface area (Å²) in [6.07, 6.45) is 4.88. The zero-order chi connectivity index (χ0) is 14.4. The molecule has 1 aromatic rings. The smallest absolute Gasteiger partial charge is 0.212 e. The first kappa shape index (κ1) is 16.0. The first-order valence-electron chi connectivity index (χ1n) is 7.23. The predicted molar refractivity (Wildman–Crippen MR) is 86.4 cm³/mol. The molecule has 5 heteroatoms. The summed E-state index contributed by atoms with van der Waals surface area (Å²) in [4.78, 5) is 0. The van der Waals surface area contributed by atoms with Crippen LogP contribution in [-0.4, -0.2) is 29.8 Å².